The first-order valence-corrected chi connectivity index (χ1v) is 8.76. The quantitative estimate of drug-likeness (QED) is 0.184. The van der Waals surface area contributed by atoms with Gasteiger partial charge >= 0.3 is 12.0 Å². The predicted octanol–water partition coefficient (Wildman–Crippen LogP) is -1.75. The highest BCUT2D eigenvalue weighted by Gasteiger charge is 2.26. The van der Waals surface area contributed by atoms with Crippen LogP contribution in [0.15, 0.2) is 4.52 Å². The van der Waals surface area contributed by atoms with Crippen LogP contribution >= 0.6 is 0 Å². The van der Waals surface area contributed by atoms with E-state index in [0.717, 1.165) is 12.8 Å². The minimum absolute atomic E-state index is 0.00320. The first kappa shape index (κ1) is 23.3. The van der Waals surface area contributed by atoms with E-state index in [1.807, 2.05) is 0 Å². The summed E-state index contributed by atoms with van der Waals surface area (Å²) in [7, 11) is 0. The highest BCUT2D eigenvalue weighted by Crippen LogP contribution is 2.20. The van der Waals surface area contributed by atoms with E-state index in [1.165, 1.54) is 0 Å². The van der Waals surface area contributed by atoms with Crippen molar-refractivity contribution in [2.24, 2.45) is 17.2 Å². The number of hydrogen-bond acceptors (Lipinski definition) is 9. The van der Waals surface area contributed by atoms with E-state index in [0.29, 0.717) is 13.0 Å². The van der Waals surface area contributed by atoms with Gasteiger partial charge in [0, 0.05) is 6.42 Å². The highest BCUT2D eigenvalue weighted by molar-refractivity contribution is 5.82. The zero-order valence-corrected chi connectivity index (χ0v) is 15.3. The average Bonchev–Trinajstić information content (AvgIpc) is 3.13. The molecule has 0 aliphatic heterocycles. The van der Waals surface area contributed by atoms with Gasteiger partial charge in [0.15, 0.2) is 11.9 Å². The third-order valence-electron chi connectivity index (χ3n) is 3.83. The van der Waals surface area contributed by atoms with Crippen molar-refractivity contribution in [2.75, 3.05) is 13.2 Å². The van der Waals surface area contributed by atoms with Gasteiger partial charge in [-0.15, -0.1) is 0 Å². The van der Waals surface area contributed by atoms with Crippen LogP contribution in [-0.2, 0) is 9.59 Å². The number of nitrogens with two attached hydrogens (primary N) is 3. The Hall–Kier alpha value is -2.77. The van der Waals surface area contributed by atoms with Crippen molar-refractivity contribution < 1.29 is 29.1 Å². The van der Waals surface area contributed by atoms with Gasteiger partial charge in [0.1, 0.15) is 6.04 Å². The molecule has 0 bridgehead atoms. The molecule has 28 heavy (non-hydrogen) atoms. The van der Waals surface area contributed by atoms with E-state index in [1.54, 1.807) is 0 Å². The van der Waals surface area contributed by atoms with Gasteiger partial charge in [0.2, 0.25) is 11.8 Å². The molecule has 13 heteroatoms. The van der Waals surface area contributed by atoms with Crippen molar-refractivity contribution >= 4 is 17.9 Å². The van der Waals surface area contributed by atoms with Crippen LogP contribution in [0.3, 0.4) is 0 Å². The number of amides is 3. The first-order chi connectivity index (χ1) is 13.3. The number of aliphatic hydroxyl groups is 1. The molecule has 13 nitrogen and oxygen atoms in total. The number of carbonyl (C=O) groups is 3. The van der Waals surface area contributed by atoms with Crippen molar-refractivity contribution in [3.05, 3.63) is 11.7 Å². The second-order valence-corrected chi connectivity index (χ2v) is 6.13. The Morgan fingerprint density at radius 3 is 2.46 bits per heavy atom. The zero-order valence-electron chi connectivity index (χ0n) is 15.3. The molecule has 0 fully saturated rings. The van der Waals surface area contributed by atoms with Gasteiger partial charge in [0.25, 0.3) is 0 Å². The summed E-state index contributed by atoms with van der Waals surface area (Å²) in [6.07, 6.45) is 2.13. The molecule has 0 aliphatic rings. The van der Waals surface area contributed by atoms with E-state index >= 15 is 0 Å². The lowest BCUT2D eigenvalue weighted by atomic mass is 10.1. The second kappa shape index (κ2) is 11.8. The Balaban J connectivity index is 2.82. The molecule has 0 radical (unpaired) electrons. The standard InChI is InChI=1S/C15H27N7O6/c16-6-2-1-3-8(17)12-21-13(28-22-12)9(4-5-11(18)24)19-15(27)20-10(7-23)14(25)26/h8-10,23H,1-7,16-17H2,(H2,18,24)(H,25,26)(H2,19,20,27)/t8-,9-,10-/m0/s1. The minimum Gasteiger partial charge on any atom is -0.480 e. The number of urea groups is 1. The third kappa shape index (κ3) is 7.85. The normalized spacial score (nSPS) is 14.1. The number of nitrogens with zero attached hydrogens (tertiary/aromatic N) is 2. The lowest BCUT2D eigenvalue weighted by Crippen LogP contribution is -2.48. The van der Waals surface area contributed by atoms with Crippen LogP contribution in [0.1, 0.15) is 55.9 Å². The minimum atomic E-state index is -1.49. The van der Waals surface area contributed by atoms with Crippen LogP contribution < -0.4 is 27.8 Å². The zero-order chi connectivity index (χ0) is 21.1. The highest BCUT2D eigenvalue weighted by atomic mass is 16.5. The van der Waals surface area contributed by atoms with Crippen LogP contribution in [-0.4, -0.2) is 57.5 Å². The van der Waals surface area contributed by atoms with Crippen LogP contribution in [0.4, 0.5) is 4.79 Å². The second-order valence-electron chi connectivity index (χ2n) is 6.13. The Bertz CT molecular complexity index is 653. The fraction of sp³-hybridized carbons (Fsp3) is 0.667. The fourth-order valence-electron chi connectivity index (χ4n) is 2.26. The van der Waals surface area contributed by atoms with Gasteiger partial charge in [-0.25, -0.2) is 9.59 Å². The maximum absolute atomic E-state index is 12.0. The summed E-state index contributed by atoms with van der Waals surface area (Å²) < 4.78 is 5.14. The predicted molar refractivity (Wildman–Crippen MR) is 95.5 cm³/mol. The van der Waals surface area contributed by atoms with E-state index in [2.05, 4.69) is 20.8 Å². The lowest BCUT2D eigenvalue weighted by molar-refractivity contribution is -0.140. The van der Waals surface area contributed by atoms with Crippen molar-refractivity contribution in [3.8, 4) is 0 Å². The summed E-state index contributed by atoms with van der Waals surface area (Å²) in [5.41, 5.74) is 16.6. The number of nitrogens with one attached hydrogen (secondary N) is 2. The monoisotopic (exact) mass is 401 g/mol. The summed E-state index contributed by atoms with van der Waals surface area (Å²) >= 11 is 0. The van der Waals surface area contributed by atoms with Crippen molar-refractivity contribution in [1.29, 1.82) is 0 Å². The third-order valence-corrected chi connectivity index (χ3v) is 3.83. The maximum atomic E-state index is 12.0. The van der Waals surface area contributed by atoms with Crippen LogP contribution in [0, 0.1) is 0 Å². The molecule has 3 amide bonds. The SMILES string of the molecule is NCCCC[C@H](N)c1noc([C@H](CCC(N)=O)NC(=O)N[C@@H](CO)C(=O)O)n1. The first-order valence-electron chi connectivity index (χ1n) is 8.76. The molecule has 1 rings (SSSR count). The number of carboxylic acid groups (broad SMARTS) is 1. The van der Waals surface area contributed by atoms with Crippen molar-refractivity contribution in [1.82, 2.24) is 20.8 Å². The number of rotatable bonds is 13. The van der Waals surface area contributed by atoms with Crippen LogP contribution in [0.2, 0.25) is 0 Å². The molecule has 0 aliphatic carbocycles. The maximum Gasteiger partial charge on any atom is 0.328 e. The van der Waals surface area contributed by atoms with Crippen LogP contribution in [0.5, 0.6) is 0 Å². The van der Waals surface area contributed by atoms with Gasteiger partial charge in [0.05, 0.1) is 12.6 Å². The average molecular weight is 401 g/mol. The van der Waals surface area contributed by atoms with Crippen molar-refractivity contribution in [3.63, 3.8) is 0 Å². The largest absolute Gasteiger partial charge is 0.480 e. The Morgan fingerprint density at radius 2 is 1.89 bits per heavy atom. The van der Waals surface area contributed by atoms with E-state index in [4.69, 9.17) is 31.9 Å². The summed E-state index contributed by atoms with van der Waals surface area (Å²) in [6.45, 7) is -0.249. The van der Waals surface area contributed by atoms with E-state index in [-0.39, 0.29) is 24.6 Å². The Labute approximate surface area is 161 Å². The molecule has 1 heterocycles. The molecule has 1 aromatic rings. The molecule has 0 saturated heterocycles. The van der Waals surface area contributed by atoms with Crippen LogP contribution in [0.25, 0.3) is 0 Å². The summed E-state index contributed by atoms with van der Waals surface area (Å²) in [4.78, 5) is 38.2. The molecule has 158 valence electrons. The summed E-state index contributed by atoms with van der Waals surface area (Å²) in [5, 5.41) is 26.1. The Kier molecular flexibility index (Phi) is 9.84. The molecule has 0 spiro atoms. The molecular weight excluding hydrogens is 374 g/mol. The number of primary amides is 1. The molecule has 10 N–H and O–H groups in total. The van der Waals surface area contributed by atoms with Gasteiger partial charge in [-0.1, -0.05) is 11.6 Å². The van der Waals surface area contributed by atoms with Gasteiger partial charge in [-0.05, 0) is 25.8 Å². The molecule has 0 saturated carbocycles. The number of aliphatic carboxylic acids is 1. The molecular formula is C15H27N7O6. The van der Waals surface area contributed by atoms with Gasteiger partial charge in [-0.2, -0.15) is 4.98 Å². The molecule has 3 atom stereocenters. The molecule has 0 aromatic carbocycles. The number of hydrogen-bond donors (Lipinski definition) is 7. The van der Waals surface area contributed by atoms with Gasteiger partial charge in [-0.3, -0.25) is 4.79 Å². The van der Waals surface area contributed by atoms with Crippen molar-refractivity contribution in [2.45, 2.75) is 50.2 Å². The smallest absolute Gasteiger partial charge is 0.328 e. The lowest BCUT2D eigenvalue weighted by Gasteiger charge is -2.17. The number of unbranched alkanes of at least 4 members (excludes halogenated alkanes) is 1. The summed E-state index contributed by atoms with van der Waals surface area (Å²) in [5.74, 6) is -1.78. The molecule has 1 aromatic heterocycles. The van der Waals surface area contributed by atoms with E-state index in [9.17, 15) is 14.4 Å². The van der Waals surface area contributed by atoms with Gasteiger partial charge < -0.3 is 42.6 Å². The molecule has 0 unspecified atom stereocenters. The fourth-order valence-corrected chi connectivity index (χ4v) is 2.26. The van der Waals surface area contributed by atoms with E-state index < -0.39 is 42.6 Å². The number of carboxylic acids is 1. The number of aliphatic hydroxyl groups excluding tert-OH is 1. The topological polar surface area (TPSA) is 233 Å². The number of aromatic nitrogens is 2. The Morgan fingerprint density at radius 1 is 1.18 bits per heavy atom. The summed E-state index contributed by atoms with van der Waals surface area (Å²) in [6, 6.07) is -3.78. The number of carbonyl (C=O) groups excluding carboxylic acids is 2.